The number of H-pyrrole nitrogens is 1. The van der Waals surface area contributed by atoms with Crippen LogP contribution in [-0.4, -0.2) is 76.2 Å². The lowest BCUT2D eigenvalue weighted by Crippen LogP contribution is -2.48. The number of rotatable bonds is 4. The van der Waals surface area contributed by atoms with Crippen molar-refractivity contribution in [2.45, 2.75) is 12.5 Å². The van der Waals surface area contributed by atoms with Crippen molar-refractivity contribution < 1.29 is 4.79 Å². The fraction of sp³-hybridized carbons (Fsp3) is 0.348. The van der Waals surface area contributed by atoms with Crippen LogP contribution in [0.5, 0.6) is 0 Å². The average molecular weight is 481 g/mol. The quantitative estimate of drug-likeness (QED) is 0.622. The summed E-state index contributed by atoms with van der Waals surface area (Å²) < 4.78 is 1.02. The minimum Gasteiger partial charge on any atom is -0.340 e. The third-order valence-corrected chi connectivity index (χ3v) is 6.55. The van der Waals surface area contributed by atoms with Gasteiger partial charge in [0.25, 0.3) is 5.91 Å². The Morgan fingerprint density at radius 3 is 2.58 bits per heavy atom. The van der Waals surface area contributed by atoms with Gasteiger partial charge in [-0.1, -0.05) is 40.2 Å². The van der Waals surface area contributed by atoms with Gasteiger partial charge in [0.2, 0.25) is 0 Å². The van der Waals surface area contributed by atoms with E-state index in [0.717, 1.165) is 58.8 Å². The number of nitrogens with zero attached hydrogens (tertiary/aromatic N) is 5. The highest BCUT2D eigenvalue weighted by Gasteiger charge is 2.36. The average Bonchev–Trinajstić information content (AvgIpc) is 3.40. The SMILES string of the molecule is CN1CCN(CC(=O)N2N=C(c3ccc(Br)cc3)C[C@H]2c2nc3ccccc3[nH]2)CC1. The molecule has 7 nitrogen and oxygen atoms in total. The molecule has 8 heteroatoms. The van der Waals surface area contributed by atoms with Crippen molar-refractivity contribution in [2.24, 2.45) is 5.10 Å². The van der Waals surface area contributed by atoms with E-state index in [4.69, 9.17) is 10.1 Å². The molecule has 1 aromatic heterocycles. The van der Waals surface area contributed by atoms with E-state index in [1.165, 1.54) is 0 Å². The van der Waals surface area contributed by atoms with Gasteiger partial charge in [-0.3, -0.25) is 9.69 Å². The maximum Gasteiger partial charge on any atom is 0.257 e. The zero-order valence-corrected chi connectivity index (χ0v) is 19.0. The van der Waals surface area contributed by atoms with Gasteiger partial charge in [0.1, 0.15) is 11.9 Å². The van der Waals surface area contributed by atoms with E-state index < -0.39 is 0 Å². The Morgan fingerprint density at radius 2 is 1.84 bits per heavy atom. The van der Waals surface area contributed by atoms with Gasteiger partial charge < -0.3 is 9.88 Å². The number of hydrogen-bond acceptors (Lipinski definition) is 5. The molecule has 1 atom stereocenters. The number of carbonyl (C=O) groups excluding carboxylic acids is 1. The first-order valence-electron chi connectivity index (χ1n) is 10.6. The number of aromatic nitrogens is 2. The molecule has 0 unspecified atom stereocenters. The Bertz CT molecular complexity index is 1080. The first kappa shape index (κ1) is 20.4. The van der Waals surface area contributed by atoms with Gasteiger partial charge in [-0.2, -0.15) is 5.10 Å². The number of likely N-dealkylation sites (N-methyl/N-ethyl adjacent to an activating group) is 1. The molecule has 0 spiro atoms. The summed E-state index contributed by atoms with van der Waals surface area (Å²) in [5, 5.41) is 6.43. The summed E-state index contributed by atoms with van der Waals surface area (Å²) in [5.41, 5.74) is 3.81. The van der Waals surface area contributed by atoms with Gasteiger partial charge >= 0.3 is 0 Å². The first-order valence-corrected chi connectivity index (χ1v) is 11.4. The van der Waals surface area contributed by atoms with Crippen LogP contribution in [0.4, 0.5) is 0 Å². The minimum atomic E-state index is -0.231. The third kappa shape index (κ3) is 4.28. The molecule has 0 bridgehead atoms. The number of imidazole rings is 1. The largest absolute Gasteiger partial charge is 0.340 e. The number of halogens is 1. The van der Waals surface area contributed by atoms with Gasteiger partial charge in [0.15, 0.2) is 0 Å². The molecule has 0 aliphatic carbocycles. The summed E-state index contributed by atoms with van der Waals surface area (Å²) in [4.78, 5) is 26.0. The number of aromatic amines is 1. The smallest absolute Gasteiger partial charge is 0.257 e. The molecule has 2 aromatic carbocycles. The van der Waals surface area contributed by atoms with E-state index in [-0.39, 0.29) is 11.9 Å². The highest BCUT2D eigenvalue weighted by molar-refractivity contribution is 9.10. The predicted molar refractivity (Wildman–Crippen MR) is 125 cm³/mol. The van der Waals surface area contributed by atoms with Crippen LogP contribution in [0.15, 0.2) is 58.1 Å². The molecule has 1 fully saturated rings. The minimum absolute atomic E-state index is 0.0159. The van der Waals surface area contributed by atoms with Gasteiger partial charge in [0, 0.05) is 37.1 Å². The van der Waals surface area contributed by atoms with Crippen LogP contribution in [-0.2, 0) is 4.79 Å². The molecule has 160 valence electrons. The molecule has 1 amide bonds. The van der Waals surface area contributed by atoms with Crippen LogP contribution >= 0.6 is 15.9 Å². The summed E-state index contributed by atoms with van der Waals surface area (Å²) in [6, 6.07) is 15.8. The topological polar surface area (TPSA) is 67.8 Å². The summed E-state index contributed by atoms with van der Waals surface area (Å²) in [5.74, 6) is 0.797. The lowest BCUT2D eigenvalue weighted by molar-refractivity contribution is -0.134. The summed E-state index contributed by atoms with van der Waals surface area (Å²) in [6.07, 6.45) is 0.635. The van der Waals surface area contributed by atoms with E-state index in [9.17, 15) is 4.79 Å². The maximum atomic E-state index is 13.3. The Kier molecular flexibility index (Phi) is 5.60. The standard InChI is InChI=1S/C23H25BrN6O/c1-28-10-12-29(13-11-28)15-22(31)30-21(23-25-18-4-2-3-5-19(18)26-23)14-20(27-30)16-6-8-17(24)9-7-16/h2-9,21H,10-15H2,1H3,(H,25,26)/t21-/m0/s1. The zero-order chi connectivity index (χ0) is 21.4. The highest BCUT2D eigenvalue weighted by Crippen LogP contribution is 2.32. The molecule has 3 heterocycles. The molecule has 0 saturated carbocycles. The predicted octanol–water partition coefficient (Wildman–Crippen LogP) is 3.25. The second kappa shape index (κ2) is 8.53. The molecule has 5 rings (SSSR count). The van der Waals surface area contributed by atoms with Crippen molar-refractivity contribution in [3.05, 3.63) is 64.4 Å². The summed E-state index contributed by atoms with van der Waals surface area (Å²) in [7, 11) is 2.12. The molecular weight excluding hydrogens is 456 g/mol. The summed E-state index contributed by atoms with van der Waals surface area (Å²) in [6.45, 7) is 4.13. The number of fused-ring (bicyclic) bond motifs is 1. The lowest BCUT2D eigenvalue weighted by Gasteiger charge is -2.32. The fourth-order valence-electron chi connectivity index (χ4n) is 4.17. The normalized spacial score (nSPS) is 20.4. The van der Waals surface area contributed by atoms with Crippen LogP contribution < -0.4 is 0 Å². The third-order valence-electron chi connectivity index (χ3n) is 6.02. The number of carbonyl (C=O) groups is 1. The number of piperazine rings is 1. The molecule has 31 heavy (non-hydrogen) atoms. The van der Waals surface area contributed by atoms with Gasteiger partial charge in [-0.15, -0.1) is 0 Å². The fourth-order valence-corrected chi connectivity index (χ4v) is 4.43. The molecule has 3 aromatic rings. The second-order valence-corrected chi connectivity index (χ2v) is 9.15. The van der Waals surface area contributed by atoms with Crippen LogP contribution in [0.2, 0.25) is 0 Å². The van der Waals surface area contributed by atoms with E-state index in [0.29, 0.717) is 13.0 Å². The molecule has 2 aliphatic rings. The molecular formula is C23H25BrN6O. The molecule has 1 saturated heterocycles. The molecule has 1 N–H and O–H groups in total. The maximum absolute atomic E-state index is 13.3. The van der Waals surface area contributed by atoms with Crippen molar-refractivity contribution in [3.63, 3.8) is 0 Å². The molecule has 2 aliphatic heterocycles. The van der Waals surface area contributed by atoms with E-state index in [2.05, 4.69) is 37.8 Å². The lowest BCUT2D eigenvalue weighted by atomic mass is 10.0. The Balaban J connectivity index is 1.43. The van der Waals surface area contributed by atoms with Crippen LogP contribution in [0.3, 0.4) is 0 Å². The number of nitrogens with one attached hydrogen (secondary N) is 1. The highest BCUT2D eigenvalue weighted by atomic mass is 79.9. The van der Waals surface area contributed by atoms with E-state index in [1.54, 1.807) is 5.01 Å². The van der Waals surface area contributed by atoms with Crippen LogP contribution in [0, 0.1) is 0 Å². The van der Waals surface area contributed by atoms with Crippen molar-refractivity contribution in [1.82, 2.24) is 24.8 Å². The first-order chi connectivity index (χ1) is 15.1. The van der Waals surface area contributed by atoms with E-state index >= 15 is 0 Å². The number of hydrazone groups is 1. The number of para-hydroxylation sites is 2. The second-order valence-electron chi connectivity index (χ2n) is 8.23. The Labute approximate surface area is 189 Å². The van der Waals surface area contributed by atoms with Crippen molar-refractivity contribution >= 4 is 38.6 Å². The van der Waals surface area contributed by atoms with Gasteiger partial charge in [-0.05, 0) is 36.9 Å². The van der Waals surface area contributed by atoms with Crippen molar-refractivity contribution in [2.75, 3.05) is 39.8 Å². The van der Waals surface area contributed by atoms with Crippen molar-refractivity contribution in [1.29, 1.82) is 0 Å². The van der Waals surface area contributed by atoms with Crippen LogP contribution in [0.1, 0.15) is 23.9 Å². The monoisotopic (exact) mass is 480 g/mol. The number of hydrogen-bond donors (Lipinski definition) is 1. The van der Waals surface area contributed by atoms with Crippen LogP contribution in [0.25, 0.3) is 11.0 Å². The van der Waals surface area contributed by atoms with Gasteiger partial charge in [0.05, 0.1) is 23.3 Å². The van der Waals surface area contributed by atoms with Gasteiger partial charge in [-0.25, -0.2) is 9.99 Å². The van der Waals surface area contributed by atoms with Crippen molar-refractivity contribution in [3.8, 4) is 0 Å². The van der Waals surface area contributed by atoms with E-state index in [1.807, 2.05) is 48.5 Å². The number of amides is 1. The Hall–Kier alpha value is -2.55. The number of benzene rings is 2. The molecule has 0 radical (unpaired) electrons. The Morgan fingerprint density at radius 1 is 1.10 bits per heavy atom. The summed E-state index contributed by atoms with van der Waals surface area (Å²) >= 11 is 3.49. The zero-order valence-electron chi connectivity index (χ0n) is 17.5.